The van der Waals surface area contributed by atoms with E-state index in [4.69, 9.17) is 4.74 Å². The fraction of sp³-hybridized carbons (Fsp3) is 0.450. The summed E-state index contributed by atoms with van der Waals surface area (Å²) in [7, 11) is 0. The first-order chi connectivity index (χ1) is 10.3. The molecule has 0 N–H and O–H groups in total. The summed E-state index contributed by atoms with van der Waals surface area (Å²) in [4.78, 5) is 12.2. The van der Waals surface area contributed by atoms with Crippen molar-refractivity contribution in [2.24, 2.45) is 0 Å². The monoisotopic (exact) mass is 300 g/mol. The smallest absolute Gasteiger partial charge is 0.333 e. The van der Waals surface area contributed by atoms with E-state index in [9.17, 15) is 4.79 Å². The number of ether oxygens (including phenoxy) is 1. The molecule has 0 saturated carbocycles. The first-order valence-electron chi connectivity index (χ1n) is 7.88. The molecule has 120 valence electrons. The van der Waals surface area contributed by atoms with Crippen molar-refractivity contribution in [3.63, 3.8) is 0 Å². The standard InChI is InChI=1S/C20H28O2/c1-7-17(6)20(21)22-19-13-16(5)10-8-9-15(4)11-12-18(19)14(2)3/h7,10-12,19H,4,8-9,13H2,1-3,5-6H3/b12-11+,16-10+,17-7-/t19-/m0/s1. The van der Waals surface area contributed by atoms with Crippen molar-refractivity contribution in [1.82, 2.24) is 0 Å². The summed E-state index contributed by atoms with van der Waals surface area (Å²) >= 11 is 0. The van der Waals surface area contributed by atoms with E-state index in [0.717, 1.165) is 36.0 Å². The summed E-state index contributed by atoms with van der Waals surface area (Å²) in [5.41, 5.74) is 5.21. The maximum Gasteiger partial charge on any atom is 0.333 e. The topological polar surface area (TPSA) is 26.3 Å². The predicted molar refractivity (Wildman–Crippen MR) is 93.6 cm³/mol. The Balaban J connectivity index is 3.16. The number of allylic oxidation sites excluding steroid dienone is 5. The summed E-state index contributed by atoms with van der Waals surface area (Å²) in [6.45, 7) is 13.9. The zero-order chi connectivity index (χ0) is 16.7. The van der Waals surface area contributed by atoms with Crippen molar-refractivity contribution < 1.29 is 9.53 Å². The van der Waals surface area contributed by atoms with E-state index in [-0.39, 0.29) is 12.1 Å². The van der Waals surface area contributed by atoms with E-state index in [2.05, 4.69) is 39.5 Å². The lowest BCUT2D eigenvalue weighted by Gasteiger charge is -2.22. The van der Waals surface area contributed by atoms with Crippen molar-refractivity contribution in [3.8, 4) is 0 Å². The van der Waals surface area contributed by atoms with Crippen LogP contribution in [0.4, 0.5) is 0 Å². The molecule has 0 unspecified atom stereocenters. The summed E-state index contributed by atoms with van der Waals surface area (Å²) in [6.07, 6.45) is 10.5. The van der Waals surface area contributed by atoms with Crippen molar-refractivity contribution in [3.05, 3.63) is 58.7 Å². The first-order valence-corrected chi connectivity index (χ1v) is 7.88. The number of esters is 1. The van der Waals surface area contributed by atoms with Gasteiger partial charge in [-0.25, -0.2) is 4.79 Å². The third kappa shape index (κ3) is 5.51. The molecule has 2 nitrogen and oxygen atoms in total. The van der Waals surface area contributed by atoms with Gasteiger partial charge in [0.15, 0.2) is 0 Å². The van der Waals surface area contributed by atoms with Crippen molar-refractivity contribution in [1.29, 1.82) is 0 Å². The largest absolute Gasteiger partial charge is 0.454 e. The Morgan fingerprint density at radius 2 is 2.00 bits per heavy atom. The third-order valence-corrected chi connectivity index (χ3v) is 3.89. The SMILES string of the molecule is C=C1/C=C/C(=C(C)C)[C@@H](OC(=O)/C(C)=C\C)C/C(C)=C/CC1. The van der Waals surface area contributed by atoms with E-state index in [0.29, 0.717) is 5.57 Å². The molecule has 0 heterocycles. The molecule has 1 atom stereocenters. The summed E-state index contributed by atoms with van der Waals surface area (Å²) in [5.74, 6) is -0.247. The number of rotatable bonds is 2. The minimum atomic E-state index is -0.247. The summed E-state index contributed by atoms with van der Waals surface area (Å²) < 4.78 is 5.77. The molecule has 0 amide bonds. The molecule has 0 aromatic heterocycles. The average Bonchev–Trinajstić information content (AvgIpc) is 2.45. The van der Waals surface area contributed by atoms with Crippen LogP contribution in [0.25, 0.3) is 0 Å². The van der Waals surface area contributed by atoms with Crippen molar-refractivity contribution >= 4 is 5.97 Å². The van der Waals surface area contributed by atoms with E-state index in [1.54, 1.807) is 13.0 Å². The van der Waals surface area contributed by atoms with Gasteiger partial charge in [0, 0.05) is 12.0 Å². The van der Waals surface area contributed by atoms with Gasteiger partial charge < -0.3 is 4.74 Å². The maximum absolute atomic E-state index is 12.2. The second-order valence-corrected chi connectivity index (χ2v) is 6.11. The van der Waals surface area contributed by atoms with Crippen molar-refractivity contribution in [2.75, 3.05) is 0 Å². The normalized spacial score (nSPS) is 24.3. The van der Waals surface area contributed by atoms with Crippen LogP contribution in [0, 0.1) is 0 Å². The number of hydrogen-bond donors (Lipinski definition) is 0. The third-order valence-electron chi connectivity index (χ3n) is 3.89. The molecule has 0 spiro atoms. The second-order valence-electron chi connectivity index (χ2n) is 6.11. The van der Waals surface area contributed by atoms with Gasteiger partial charge in [-0.2, -0.15) is 0 Å². The number of hydrogen-bond acceptors (Lipinski definition) is 2. The van der Waals surface area contributed by atoms with Crippen molar-refractivity contribution in [2.45, 2.75) is 60.0 Å². The maximum atomic E-state index is 12.2. The number of carbonyl (C=O) groups excluding carboxylic acids is 1. The van der Waals surface area contributed by atoms with Gasteiger partial charge in [-0.05, 0) is 53.0 Å². The van der Waals surface area contributed by atoms with Crippen LogP contribution in [0.15, 0.2) is 58.7 Å². The van der Waals surface area contributed by atoms with Crippen LogP contribution in [0.5, 0.6) is 0 Å². The molecule has 1 aliphatic carbocycles. The van der Waals surface area contributed by atoms with Crippen LogP contribution >= 0.6 is 0 Å². The fourth-order valence-corrected chi connectivity index (χ4v) is 2.32. The van der Waals surface area contributed by atoms with Crippen LogP contribution < -0.4 is 0 Å². The van der Waals surface area contributed by atoms with E-state index < -0.39 is 0 Å². The van der Waals surface area contributed by atoms with Crippen LogP contribution in [0.1, 0.15) is 53.9 Å². The van der Waals surface area contributed by atoms with Gasteiger partial charge in [0.1, 0.15) is 6.10 Å². The molecule has 1 aliphatic rings. The quantitative estimate of drug-likeness (QED) is 0.385. The highest BCUT2D eigenvalue weighted by molar-refractivity contribution is 5.88. The highest BCUT2D eigenvalue weighted by atomic mass is 16.5. The second kappa shape index (κ2) is 8.57. The summed E-state index contributed by atoms with van der Waals surface area (Å²) in [6, 6.07) is 0. The van der Waals surface area contributed by atoms with E-state index >= 15 is 0 Å². The first kappa shape index (κ1) is 18.2. The Morgan fingerprint density at radius 1 is 1.32 bits per heavy atom. The molecule has 0 aliphatic heterocycles. The van der Waals surface area contributed by atoms with Gasteiger partial charge in [-0.3, -0.25) is 0 Å². The Bertz CT molecular complexity index is 552. The van der Waals surface area contributed by atoms with Crippen LogP contribution in [0.3, 0.4) is 0 Å². The minimum Gasteiger partial charge on any atom is -0.454 e. The average molecular weight is 300 g/mol. The zero-order valence-electron chi connectivity index (χ0n) is 14.5. The minimum absolute atomic E-state index is 0.245. The van der Waals surface area contributed by atoms with E-state index in [1.165, 1.54) is 5.57 Å². The highest BCUT2D eigenvalue weighted by Crippen LogP contribution is 2.24. The van der Waals surface area contributed by atoms with Gasteiger partial charge in [0.2, 0.25) is 0 Å². The van der Waals surface area contributed by atoms with E-state index in [1.807, 2.05) is 13.0 Å². The number of carbonyl (C=O) groups is 1. The molecule has 0 aromatic carbocycles. The lowest BCUT2D eigenvalue weighted by Crippen LogP contribution is -2.22. The zero-order valence-corrected chi connectivity index (χ0v) is 14.5. The Kier molecular flexibility index (Phi) is 7.10. The molecule has 2 heteroatoms. The van der Waals surface area contributed by atoms with Gasteiger partial charge in [0.05, 0.1) is 0 Å². The molecule has 0 fully saturated rings. The molecule has 22 heavy (non-hydrogen) atoms. The van der Waals surface area contributed by atoms with Crippen LogP contribution in [0.2, 0.25) is 0 Å². The molecule has 0 saturated heterocycles. The predicted octanol–water partition coefficient (Wildman–Crippen LogP) is 5.44. The molecule has 0 radical (unpaired) electrons. The van der Waals surface area contributed by atoms with Crippen LogP contribution in [-0.4, -0.2) is 12.1 Å². The van der Waals surface area contributed by atoms with Gasteiger partial charge >= 0.3 is 5.97 Å². The molecule has 1 rings (SSSR count). The van der Waals surface area contributed by atoms with Gasteiger partial charge in [-0.15, -0.1) is 0 Å². The Hall–Kier alpha value is -1.83. The lowest BCUT2D eigenvalue weighted by molar-refractivity contribution is -0.142. The molecular weight excluding hydrogens is 272 g/mol. The molecular formula is C20H28O2. The van der Waals surface area contributed by atoms with Crippen LogP contribution in [-0.2, 0) is 9.53 Å². The molecule has 0 bridgehead atoms. The highest BCUT2D eigenvalue weighted by Gasteiger charge is 2.20. The van der Waals surface area contributed by atoms with Gasteiger partial charge in [-0.1, -0.05) is 47.6 Å². The van der Waals surface area contributed by atoms with Gasteiger partial charge in [0.25, 0.3) is 0 Å². The Morgan fingerprint density at radius 3 is 2.59 bits per heavy atom. The lowest BCUT2D eigenvalue weighted by atomic mass is 9.94. The molecule has 0 aromatic rings. The Labute approximate surface area is 134 Å². The summed E-state index contributed by atoms with van der Waals surface area (Å²) in [5, 5.41) is 0. The fourth-order valence-electron chi connectivity index (χ4n) is 2.32.